The molecule has 3 heteroatoms. The molecule has 0 fully saturated rings. The van der Waals surface area contributed by atoms with Crippen LogP contribution in [0.15, 0.2) is 5.38 Å². The van der Waals surface area contributed by atoms with Crippen molar-refractivity contribution in [1.82, 2.24) is 4.98 Å². The van der Waals surface area contributed by atoms with Crippen molar-refractivity contribution in [1.29, 1.82) is 0 Å². The Kier molecular flexibility index (Phi) is 4.29. The van der Waals surface area contributed by atoms with E-state index in [2.05, 4.69) is 38.1 Å². The van der Waals surface area contributed by atoms with Crippen LogP contribution in [0.25, 0.3) is 0 Å². The molecule has 0 spiro atoms. The molecule has 0 aliphatic rings. The van der Waals surface area contributed by atoms with E-state index in [0.29, 0.717) is 12.5 Å². The first-order valence-electron chi connectivity index (χ1n) is 5.56. The largest absolute Gasteiger partial charge is 0.330 e. The van der Waals surface area contributed by atoms with Gasteiger partial charge in [0, 0.05) is 11.8 Å². The highest BCUT2D eigenvalue weighted by atomic mass is 32.1. The second-order valence-electron chi connectivity index (χ2n) is 5.38. The van der Waals surface area contributed by atoms with E-state index in [1.54, 1.807) is 11.3 Å². The molecule has 0 amide bonds. The van der Waals surface area contributed by atoms with Crippen LogP contribution < -0.4 is 5.73 Å². The Morgan fingerprint density at radius 2 is 2.13 bits per heavy atom. The van der Waals surface area contributed by atoms with Gasteiger partial charge in [-0.05, 0) is 24.3 Å². The quantitative estimate of drug-likeness (QED) is 0.838. The average molecular weight is 226 g/mol. The van der Waals surface area contributed by atoms with Gasteiger partial charge in [0.15, 0.2) is 0 Å². The van der Waals surface area contributed by atoms with Crippen molar-refractivity contribution in [3.05, 3.63) is 16.1 Å². The highest BCUT2D eigenvalue weighted by molar-refractivity contribution is 7.09. The fourth-order valence-corrected chi connectivity index (χ4v) is 2.49. The van der Waals surface area contributed by atoms with Crippen LogP contribution in [-0.2, 0) is 12.8 Å². The maximum Gasteiger partial charge on any atom is 0.0934 e. The van der Waals surface area contributed by atoms with Gasteiger partial charge in [0.05, 0.1) is 10.7 Å². The highest BCUT2D eigenvalue weighted by Gasteiger charge is 2.18. The third-order valence-electron chi connectivity index (χ3n) is 2.40. The molecule has 2 nitrogen and oxygen atoms in total. The standard InChI is InChI=1S/C12H22N2S/c1-9(2)5-10-7-15-11(14-10)6-12(3,4)8-13/h7,9H,5-6,8,13H2,1-4H3. The van der Waals surface area contributed by atoms with Gasteiger partial charge < -0.3 is 5.73 Å². The van der Waals surface area contributed by atoms with Crippen LogP contribution in [0.3, 0.4) is 0 Å². The van der Waals surface area contributed by atoms with Crippen LogP contribution in [0.5, 0.6) is 0 Å². The third-order valence-corrected chi connectivity index (χ3v) is 3.30. The Morgan fingerprint density at radius 3 is 2.67 bits per heavy atom. The lowest BCUT2D eigenvalue weighted by atomic mass is 9.90. The lowest BCUT2D eigenvalue weighted by Gasteiger charge is -2.20. The summed E-state index contributed by atoms with van der Waals surface area (Å²) < 4.78 is 0. The van der Waals surface area contributed by atoms with Gasteiger partial charge in [-0.2, -0.15) is 0 Å². The van der Waals surface area contributed by atoms with Crippen molar-refractivity contribution >= 4 is 11.3 Å². The molecule has 0 aliphatic carbocycles. The van der Waals surface area contributed by atoms with E-state index in [1.807, 2.05) is 0 Å². The van der Waals surface area contributed by atoms with Crippen LogP contribution in [0.2, 0.25) is 0 Å². The highest BCUT2D eigenvalue weighted by Crippen LogP contribution is 2.23. The fourth-order valence-electron chi connectivity index (χ4n) is 1.42. The van der Waals surface area contributed by atoms with Gasteiger partial charge in [-0.1, -0.05) is 27.7 Å². The number of nitrogens with two attached hydrogens (primary N) is 1. The van der Waals surface area contributed by atoms with E-state index in [9.17, 15) is 0 Å². The van der Waals surface area contributed by atoms with Crippen LogP contribution in [0, 0.1) is 11.3 Å². The average Bonchev–Trinajstić information content (AvgIpc) is 2.50. The summed E-state index contributed by atoms with van der Waals surface area (Å²) in [6, 6.07) is 0. The summed E-state index contributed by atoms with van der Waals surface area (Å²) in [5, 5.41) is 3.41. The zero-order valence-electron chi connectivity index (χ0n) is 10.2. The molecule has 0 saturated carbocycles. The first-order chi connectivity index (χ1) is 6.93. The van der Waals surface area contributed by atoms with Crippen molar-refractivity contribution < 1.29 is 0 Å². The van der Waals surface area contributed by atoms with Gasteiger partial charge in [-0.15, -0.1) is 11.3 Å². The Hall–Kier alpha value is -0.410. The van der Waals surface area contributed by atoms with Crippen molar-refractivity contribution in [2.24, 2.45) is 17.1 Å². The Bertz CT molecular complexity index is 302. The van der Waals surface area contributed by atoms with Crippen molar-refractivity contribution in [2.75, 3.05) is 6.54 Å². The van der Waals surface area contributed by atoms with Crippen LogP contribution in [0.1, 0.15) is 38.4 Å². The minimum absolute atomic E-state index is 0.174. The lowest BCUT2D eigenvalue weighted by Crippen LogP contribution is -2.25. The Balaban J connectivity index is 2.60. The minimum atomic E-state index is 0.174. The van der Waals surface area contributed by atoms with Gasteiger partial charge in [0.25, 0.3) is 0 Å². The molecule has 0 bridgehead atoms. The van der Waals surface area contributed by atoms with E-state index in [1.165, 1.54) is 10.7 Å². The van der Waals surface area contributed by atoms with Gasteiger partial charge in [0.2, 0.25) is 0 Å². The molecule has 0 radical (unpaired) electrons. The smallest absolute Gasteiger partial charge is 0.0934 e. The zero-order valence-corrected chi connectivity index (χ0v) is 11.0. The third kappa shape index (κ3) is 4.31. The maximum atomic E-state index is 5.72. The maximum absolute atomic E-state index is 5.72. The molecule has 0 saturated heterocycles. The van der Waals surface area contributed by atoms with E-state index < -0.39 is 0 Å². The normalized spacial score (nSPS) is 12.4. The predicted octanol–water partition coefficient (Wildman–Crippen LogP) is 2.87. The molecule has 0 unspecified atom stereocenters. The van der Waals surface area contributed by atoms with E-state index in [0.717, 1.165) is 12.8 Å². The molecule has 0 aromatic carbocycles. The van der Waals surface area contributed by atoms with E-state index in [4.69, 9.17) is 5.73 Å². The molecular formula is C12H22N2S. The summed E-state index contributed by atoms with van der Waals surface area (Å²) in [5.41, 5.74) is 7.13. The molecule has 15 heavy (non-hydrogen) atoms. The van der Waals surface area contributed by atoms with Crippen molar-refractivity contribution in [2.45, 2.75) is 40.5 Å². The number of aromatic nitrogens is 1. The Labute approximate surface area is 96.9 Å². The summed E-state index contributed by atoms with van der Waals surface area (Å²) in [5.74, 6) is 0.683. The lowest BCUT2D eigenvalue weighted by molar-refractivity contribution is 0.376. The summed E-state index contributed by atoms with van der Waals surface area (Å²) in [7, 11) is 0. The molecule has 1 rings (SSSR count). The summed E-state index contributed by atoms with van der Waals surface area (Å²) >= 11 is 1.77. The van der Waals surface area contributed by atoms with Gasteiger partial charge >= 0.3 is 0 Å². The van der Waals surface area contributed by atoms with Crippen LogP contribution in [-0.4, -0.2) is 11.5 Å². The molecule has 0 aliphatic heterocycles. The number of rotatable bonds is 5. The Morgan fingerprint density at radius 1 is 1.47 bits per heavy atom. The second-order valence-corrected chi connectivity index (χ2v) is 6.32. The minimum Gasteiger partial charge on any atom is -0.330 e. The van der Waals surface area contributed by atoms with E-state index in [-0.39, 0.29) is 5.41 Å². The van der Waals surface area contributed by atoms with Gasteiger partial charge in [-0.3, -0.25) is 0 Å². The van der Waals surface area contributed by atoms with Crippen molar-refractivity contribution in [3.8, 4) is 0 Å². The number of hydrogen-bond donors (Lipinski definition) is 1. The molecule has 1 aromatic rings. The first kappa shape index (κ1) is 12.7. The van der Waals surface area contributed by atoms with Crippen molar-refractivity contribution in [3.63, 3.8) is 0 Å². The summed E-state index contributed by atoms with van der Waals surface area (Å²) in [6.07, 6.45) is 2.08. The van der Waals surface area contributed by atoms with E-state index >= 15 is 0 Å². The molecule has 1 aromatic heterocycles. The molecule has 1 heterocycles. The fraction of sp³-hybridized carbons (Fsp3) is 0.750. The topological polar surface area (TPSA) is 38.9 Å². The summed E-state index contributed by atoms with van der Waals surface area (Å²) in [6.45, 7) is 9.55. The van der Waals surface area contributed by atoms with Crippen LogP contribution >= 0.6 is 11.3 Å². The van der Waals surface area contributed by atoms with Gasteiger partial charge in [-0.25, -0.2) is 4.98 Å². The second kappa shape index (κ2) is 5.08. The zero-order chi connectivity index (χ0) is 11.5. The SMILES string of the molecule is CC(C)Cc1csc(CC(C)(C)CN)n1. The number of thiazole rings is 1. The monoisotopic (exact) mass is 226 g/mol. The molecule has 86 valence electrons. The summed E-state index contributed by atoms with van der Waals surface area (Å²) in [4.78, 5) is 4.65. The van der Waals surface area contributed by atoms with Gasteiger partial charge in [0.1, 0.15) is 0 Å². The molecule has 2 N–H and O–H groups in total. The van der Waals surface area contributed by atoms with Crippen LogP contribution in [0.4, 0.5) is 0 Å². The number of nitrogens with zero attached hydrogens (tertiary/aromatic N) is 1. The molecule has 0 atom stereocenters. The number of hydrogen-bond acceptors (Lipinski definition) is 3. The first-order valence-corrected chi connectivity index (χ1v) is 6.44. The molecular weight excluding hydrogens is 204 g/mol. The predicted molar refractivity (Wildman–Crippen MR) is 67.2 cm³/mol.